The second-order valence-electron chi connectivity index (χ2n) is 6.87. The lowest BCUT2D eigenvalue weighted by Gasteiger charge is -2.09. The Morgan fingerprint density at radius 2 is 1.80 bits per heavy atom. The number of imidazole rings is 1. The minimum Gasteiger partial charge on any atom is -0.462 e. The number of carbonyl (C=O) groups excluding carboxylic acids is 2. The summed E-state index contributed by atoms with van der Waals surface area (Å²) in [5, 5.41) is 2.71. The van der Waals surface area contributed by atoms with Crippen LogP contribution in [0, 0.1) is 0 Å². The van der Waals surface area contributed by atoms with Gasteiger partial charge in [-0.25, -0.2) is 14.6 Å². The van der Waals surface area contributed by atoms with Gasteiger partial charge in [-0.15, -0.1) is 0 Å². The van der Waals surface area contributed by atoms with E-state index in [1.54, 1.807) is 24.3 Å². The molecule has 0 radical (unpaired) electrons. The van der Waals surface area contributed by atoms with Crippen LogP contribution in [0.5, 0.6) is 0 Å². The first-order valence-electron chi connectivity index (χ1n) is 9.51. The predicted octanol–water partition coefficient (Wildman–Crippen LogP) is 1.03. The molecule has 3 aromatic rings. The molecule has 0 atom stereocenters. The number of carbonyl (C=O) groups is 2. The SMILES string of the molecule is CCCCOC(=O)c1ccc(NC(=O)Cn2cnc3c2c(=O)n(C)c(=O)n3C)cc1. The number of fused-ring (bicyclic) bond motifs is 1. The molecule has 2 heterocycles. The smallest absolute Gasteiger partial charge is 0.338 e. The van der Waals surface area contributed by atoms with Crippen LogP contribution in [0.15, 0.2) is 40.2 Å². The van der Waals surface area contributed by atoms with E-state index in [0.717, 1.165) is 17.4 Å². The zero-order valence-corrected chi connectivity index (χ0v) is 17.0. The number of ether oxygens (including phenoxy) is 1. The number of esters is 1. The van der Waals surface area contributed by atoms with Crippen LogP contribution in [0.25, 0.3) is 11.2 Å². The van der Waals surface area contributed by atoms with E-state index in [1.165, 1.54) is 29.6 Å². The van der Waals surface area contributed by atoms with Crippen molar-refractivity contribution in [2.45, 2.75) is 26.3 Å². The molecule has 0 aliphatic heterocycles. The normalized spacial score (nSPS) is 10.9. The lowest BCUT2D eigenvalue weighted by molar-refractivity contribution is -0.116. The average molecular weight is 413 g/mol. The van der Waals surface area contributed by atoms with Gasteiger partial charge in [0.25, 0.3) is 5.56 Å². The van der Waals surface area contributed by atoms with Crippen LogP contribution in [-0.4, -0.2) is 37.2 Å². The first-order valence-corrected chi connectivity index (χ1v) is 9.51. The Bertz CT molecular complexity index is 1200. The molecule has 0 aliphatic carbocycles. The Kier molecular flexibility index (Phi) is 6.14. The van der Waals surface area contributed by atoms with Crippen molar-refractivity contribution in [1.82, 2.24) is 18.7 Å². The zero-order chi connectivity index (χ0) is 21.8. The summed E-state index contributed by atoms with van der Waals surface area (Å²) in [5.74, 6) is -0.795. The van der Waals surface area contributed by atoms with Crippen molar-refractivity contribution in [3.05, 3.63) is 57.0 Å². The molecule has 3 rings (SSSR count). The second kappa shape index (κ2) is 8.76. The highest BCUT2D eigenvalue weighted by Gasteiger charge is 2.16. The molecule has 158 valence electrons. The number of amides is 1. The maximum Gasteiger partial charge on any atom is 0.338 e. The molecule has 10 heteroatoms. The highest BCUT2D eigenvalue weighted by molar-refractivity contribution is 5.93. The summed E-state index contributed by atoms with van der Waals surface area (Å²) in [4.78, 5) is 52.9. The summed E-state index contributed by atoms with van der Waals surface area (Å²) in [7, 11) is 2.88. The topological polar surface area (TPSA) is 117 Å². The van der Waals surface area contributed by atoms with Crippen LogP contribution in [-0.2, 0) is 30.2 Å². The summed E-state index contributed by atoms with van der Waals surface area (Å²) in [6.45, 7) is 2.22. The third kappa shape index (κ3) is 4.17. The van der Waals surface area contributed by atoms with Crippen molar-refractivity contribution >= 4 is 28.7 Å². The molecule has 0 bridgehead atoms. The van der Waals surface area contributed by atoms with Crippen molar-refractivity contribution in [3.8, 4) is 0 Å². The van der Waals surface area contributed by atoms with E-state index in [9.17, 15) is 19.2 Å². The van der Waals surface area contributed by atoms with Gasteiger partial charge in [-0.2, -0.15) is 0 Å². The largest absolute Gasteiger partial charge is 0.462 e. The van der Waals surface area contributed by atoms with E-state index in [1.807, 2.05) is 6.92 Å². The van der Waals surface area contributed by atoms with E-state index in [4.69, 9.17) is 4.74 Å². The van der Waals surface area contributed by atoms with Gasteiger partial charge in [0.1, 0.15) is 6.54 Å². The molecule has 2 aromatic heterocycles. The quantitative estimate of drug-likeness (QED) is 0.457. The Morgan fingerprint density at radius 3 is 2.47 bits per heavy atom. The third-order valence-electron chi connectivity index (χ3n) is 4.67. The van der Waals surface area contributed by atoms with E-state index in [0.29, 0.717) is 17.9 Å². The standard InChI is InChI=1S/C20H23N5O5/c1-4-5-10-30-19(28)13-6-8-14(9-7-13)22-15(26)11-25-12-21-17-16(25)18(27)24(3)20(29)23(17)2/h6-9,12H,4-5,10-11H2,1-3H3,(H,22,26). The number of nitrogens with one attached hydrogen (secondary N) is 1. The van der Waals surface area contributed by atoms with Crippen molar-refractivity contribution in [1.29, 1.82) is 0 Å². The third-order valence-corrected chi connectivity index (χ3v) is 4.67. The van der Waals surface area contributed by atoms with Gasteiger partial charge in [0.2, 0.25) is 5.91 Å². The van der Waals surface area contributed by atoms with E-state index in [-0.39, 0.29) is 23.6 Å². The van der Waals surface area contributed by atoms with Gasteiger partial charge in [0, 0.05) is 19.8 Å². The molecule has 0 saturated heterocycles. The molecule has 1 aromatic carbocycles. The number of hydrogen-bond acceptors (Lipinski definition) is 6. The second-order valence-corrected chi connectivity index (χ2v) is 6.87. The summed E-state index contributed by atoms with van der Waals surface area (Å²) >= 11 is 0. The van der Waals surface area contributed by atoms with Crippen molar-refractivity contribution in [3.63, 3.8) is 0 Å². The zero-order valence-electron chi connectivity index (χ0n) is 17.0. The number of rotatable bonds is 7. The first kappa shape index (κ1) is 21.0. The molecule has 1 amide bonds. The lowest BCUT2D eigenvalue weighted by Crippen LogP contribution is -2.37. The molecule has 0 fully saturated rings. The predicted molar refractivity (Wildman–Crippen MR) is 110 cm³/mol. The minimum absolute atomic E-state index is 0.162. The fourth-order valence-electron chi connectivity index (χ4n) is 2.95. The van der Waals surface area contributed by atoms with Gasteiger partial charge in [-0.1, -0.05) is 13.3 Å². The summed E-state index contributed by atoms with van der Waals surface area (Å²) in [6.07, 6.45) is 3.09. The average Bonchev–Trinajstić information content (AvgIpc) is 3.14. The first-order chi connectivity index (χ1) is 14.3. The van der Waals surface area contributed by atoms with E-state index < -0.39 is 17.2 Å². The summed E-state index contributed by atoms with van der Waals surface area (Å²) < 4.78 is 8.76. The highest BCUT2D eigenvalue weighted by Crippen LogP contribution is 2.12. The number of nitrogens with zero attached hydrogens (tertiary/aromatic N) is 4. The van der Waals surface area contributed by atoms with Crippen LogP contribution >= 0.6 is 0 Å². The number of aromatic nitrogens is 4. The molecule has 30 heavy (non-hydrogen) atoms. The summed E-state index contributed by atoms with van der Waals surface area (Å²) in [5.41, 5.74) is 0.255. The Labute approximate surface area is 171 Å². The number of hydrogen-bond donors (Lipinski definition) is 1. The van der Waals surface area contributed by atoms with Gasteiger partial charge in [-0.3, -0.25) is 18.7 Å². The van der Waals surface area contributed by atoms with Crippen molar-refractivity contribution in [2.75, 3.05) is 11.9 Å². The Hall–Kier alpha value is -3.69. The monoisotopic (exact) mass is 413 g/mol. The van der Waals surface area contributed by atoms with Gasteiger partial charge < -0.3 is 14.6 Å². The van der Waals surface area contributed by atoms with Crippen LogP contribution in [0.2, 0.25) is 0 Å². The highest BCUT2D eigenvalue weighted by atomic mass is 16.5. The number of aryl methyl sites for hydroxylation is 1. The van der Waals surface area contributed by atoms with Crippen LogP contribution in [0.3, 0.4) is 0 Å². The minimum atomic E-state index is -0.524. The summed E-state index contributed by atoms with van der Waals surface area (Å²) in [6, 6.07) is 6.34. The van der Waals surface area contributed by atoms with Gasteiger partial charge in [0.05, 0.1) is 18.5 Å². The fraction of sp³-hybridized carbons (Fsp3) is 0.350. The van der Waals surface area contributed by atoms with E-state index >= 15 is 0 Å². The molecule has 1 N–H and O–H groups in total. The van der Waals surface area contributed by atoms with Gasteiger partial charge >= 0.3 is 11.7 Å². The number of anilines is 1. The van der Waals surface area contributed by atoms with Crippen molar-refractivity contribution < 1.29 is 14.3 Å². The Balaban J connectivity index is 1.71. The maximum atomic E-state index is 12.4. The van der Waals surface area contributed by atoms with Crippen LogP contribution in [0.4, 0.5) is 5.69 Å². The molecule has 0 aliphatic rings. The fourth-order valence-corrected chi connectivity index (χ4v) is 2.95. The molecule has 0 spiro atoms. The number of unbranched alkanes of at least 4 members (excludes halogenated alkanes) is 1. The van der Waals surface area contributed by atoms with Crippen molar-refractivity contribution in [2.24, 2.45) is 14.1 Å². The molecule has 0 unspecified atom stereocenters. The maximum absolute atomic E-state index is 12.4. The Morgan fingerprint density at radius 1 is 1.10 bits per heavy atom. The molecular formula is C20H23N5O5. The number of benzene rings is 1. The van der Waals surface area contributed by atoms with Crippen LogP contribution in [0.1, 0.15) is 30.1 Å². The molecular weight excluding hydrogens is 390 g/mol. The lowest BCUT2D eigenvalue weighted by atomic mass is 10.2. The van der Waals surface area contributed by atoms with Gasteiger partial charge in [-0.05, 0) is 30.7 Å². The molecule has 10 nitrogen and oxygen atoms in total. The molecule has 0 saturated carbocycles. The van der Waals surface area contributed by atoms with Crippen LogP contribution < -0.4 is 16.6 Å². The van der Waals surface area contributed by atoms with Gasteiger partial charge in [0.15, 0.2) is 11.2 Å². The van der Waals surface area contributed by atoms with E-state index in [2.05, 4.69) is 10.3 Å².